The molecule has 2 heteroatoms. The molecule has 9 heavy (non-hydrogen) atoms. The van der Waals surface area contributed by atoms with E-state index in [1.165, 1.54) is 11.3 Å². The summed E-state index contributed by atoms with van der Waals surface area (Å²) < 4.78 is 0. The van der Waals surface area contributed by atoms with E-state index in [0.717, 1.165) is 0 Å². The fourth-order valence-corrected chi connectivity index (χ4v) is 1.07. The summed E-state index contributed by atoms with van der Waals surface area (Å²) in [5.41, 5.74) is 7.97. The zero-order valence-corrected chi connectivity index (χ0v) is 4.96. The van der Waals surface area contributed by atoms with Crippen molar-refractivity contribution in [2.24, 2.45) is 5.73 Å². The molecule has 1 unspecified atom stereocenters. The Hall–Kier alpha value is -1.02. The Kier molecular flexibility index (Phi) is 0.794. The quantitative estimate of drug-likeness (QED) is 0.537. The highest BCUT2D eigenvalue weighted by atomic mass is 15.1. The molecule has 1 heterocycles. The topological polar surface area (TPSA) is 38.0 Å². The molecule has 1 aliphatic heterocycles. The number of fused-ring (bicyclic) bond motifs is 1. The van der Waals surface area contributed by atoms with E-state index < -0.39 is 0 Å². The molecule has 0 spiro atoms. The Balaban J connectivity index is 2.51. The molecule has 2 rings (SSSR count). The van der Waals surface area contributed by atoms with Crippen molar-refractivity contribution in [2.75, 3.05) is 5.32 Å². The Labute approximate surface area is 53.7 Å². The van der Waals surface area contributed by atoms with Crippen LogP contribution in [0.1, 0.15) is 11.7 Å². The zero-order chi connectivity index (χ0) is 6.27. The third kappa shape index (κ3) is 0.535. The molecule has 0 saturated carbocycles. The number of rotatable bonds is 0. The fourth-order valence-electron chi connectivity index (χ4n) is 1.07. The largest absolute Gasteiger partial charge is 0.366 e. The number of hydrogen-bond donors (Lipinski definition) is 2. The lowest BCUT2D eigenvalue weighted by Crippen LogP contribution is -2.29. The second-order valence-corrected chi connectivity index (χ2v) is 2.21. The lowest BCUT2D eigenvalue weighted by molar-refractivity contribution is 0.777. The second-order valence-electron chi connectivity index (χ2n) is 2.21. The van der Waals surface area contributed by atoms with Crippen LogP contribution in [0, 0.1) is 0 Å². The minimum absolute atomic E-state index is 0.0706. The summed E-state index contributed by atoms with van der Waals surface area (Å²) in [6, 6.07) is 8.06. The summed E-state index contributed by atoms with van der Waals surface area (Å²) in [4.78, 5) is 0. The van der Waals surface area contributed by atoms with Gasteiger partial charge >= 0.3 is 0 Å². The molecule has 1 aliphatic rings. The van der Waals surface area contributed by atoms with Gasteiger partial charge in [-0.2, -0.15) is 0 Å². The van der Waals surface area contributed by atoms with Gasteiger partial charge in [-0.1, -0.05) is 18.2 Å². The first-order chi connectivity index (χ1) is 4.38. The highest BCUT2D eigenvalue weighted by molar-refractivity contribution is 5.62. The van der Waals surface area contributed by atoms with Crippen molar-refractivity contribution in [1.82, 2.24) is 0 Å². The van der Waals surface area contributed by atoms with Crippen LogP contribution in [0.3, 0.4) is 0 Å². The highest BCUT2D eigenvalue weighted by Gasteiger charge is 2.18. The number of anilines is 1. The van der Waals surface area contributed by atoms with E-state index in [9.17, 15) is 0 Å². The van der Waals surface area contributed by atoms with Crippen LogP contribution in [0.15, 0.2) is 24.3 Å². The molecule has 46 valence electrons. The maximum atomic E-state index is 5.58. The van der Waals surface area contributed by atoms with Gasteiger partial charge in [-0.25, -0.2) is 0 Å². The molecule has 3 N–H and O–H groups in total. The first-order valence-corrected chi connectivity index (χ1v) is 2.99. The van der Waals surface area contributed by atoms with Gasteiger partial charge < -0.3 is 11.1 Å². The van der Waals surface area contributed by atoms with Gasteiger partial charge in [0.1, 0.15) is 6.17 Å². The van der Waals surface area contributed by atoms with Crippen LogP contribution < -0.4 is 11.1 Å². The molecule has 2 nitrogen and oxygen atoms in total. The lowest BCUT2D eigenvalue weighted by Gasteiger charge is -2.28. The molecule has 1 aromatic rings. The number of benzene rings is 1. The monoisotopic (exact) mass is 120 g/mol. The second kappa shape index (κ2) is 1.48. The summed E-state index contributed by atoms with van der Waals surface area (Å²) in [5.74, 6) is 0. The van der Waals surface area contributed by atoms with E-state index in [-0.39, 0.29) is 6.17 Å². The molecule has 0 fully saturated rings. The number of para-hydroxylation sites is 1. The van der Waals surface area contributed by atoms with Crippen LogP contribution in [-0.2, 0) is 0 Å². The molecule has 0 bridgehead atoms. The molecule has 0 aromatic heterocycles. The van der Waals surface area contributed by atoms with Crippen molar-refractivity contribution in [3.05, 3.63) is 29.8 Å². The molecule has 1 aromatic carbocycles. The third-order valence-electron chi connectivity index (χ3n) is 1.61. The van der Waals surface area contributed by atoms with Gasteiger partial charge in [0, 0.05) is 11.3 Å². The summed E-state index contributed by atoms with van der Waals surface area (Å²) in [6.45, 7) is 0. The zero-order valence-electron chi connectivity index (χ0n) is 4.96. The van der Waals surface area contributed by atoms with E-state index in [2.05, 4.69) is 5.32 Å². The van der Waals surface area contributed by atoms with E-state index in [0.29, 0.717) is 0 Å². The van der Waals surface area contributed by atoms with Crippen LogP contribution in [0.4, 0.5) is 5.69 Å². The van der Waals surface area contributed by atoms with Gasteiger partial charge in [-0.05, 0) is 6.07 Å². The third-order valence-corrected chi connectivity index (χ3v) is 1.61. The molecule has 0 aliphatic carbocycles. The SMILES string of the molecule is NC1Nc2ccccc21. The summed E-state index contributed by atoms with van der Waals surface area (Å²) in [6.07, 6.45) is 0.0706. The summed E-state index contributed by atoms with van der Waals surface area (Å²) >= 11 is 0. The minimum atomic E-state index is 0.0706. The smallest absolute Gasteiger partial charge is 0.103 e. The van der Waals surface area contributed by atoms with Gasteiger partial charge in [0.05, 0.1) is 0 Å². The van der Waals surface area contributed by atoms with Gasteiger partial charge in [0.2, 0.25) is 0 Å². The summed E-state index contributed by atoms with van der Waals surface area (Å²) in [7, 11) is 0. The predicted octanol–water partition coefficient (Wildman–Crippen LogP) is 1.07. The van der Waals surface area contributed by atoms with Gasteiger partial charge in [0.25, 0.3) is 0 Å². The van der Waals surface area contributed by atoms with Crippen molar-refractivity contribution in [1.29, 1.82) is 0 Å². The standard InChI is InChI=1S/C7H8N2/c8-7-5-3-1-2-4-6(5)9-7/h1-4,7,9H,8H2. The van der Waals surface area contributed by atoms with Gasteiger partial charge in [-0.15, -0.1) is 0 Å². The van der Waals surface area contributed by atoms with E-state index in [1.54, 1.807) is 0 Å². The van der Waals surface area contributed by atoms with Crippen LogP contribution in [0.2, 0.25) is 0 Å². The molecule has 0 radical (unpaired) electrons. The van der Waals surface area contributed by atoms with Gasteiger partial charge in [0.15, 0.2) is 0 Å². The Morgan fingerprint density at radius 3 is 2.67 bits per heavy atom. The molecule has 0 saturated heterocycles. The highest BCUT2D eigenvalue weighted by Crippen LogP contribution is 2.31. The lowest BCUT2D eigenvalue weighted by atomic mass is 10.0. The normalized spacial score (nSPS) is 21.7. The Bertz CT molecular complexity index is 232. The fraction of sp³-hybridized carbons (Fsp3) is 0.143. The molecular formula is C7H8N2. The summed E-state index contributed by atoms with van der Waals surface area (Å²) in [5, 5.41) is 3.06. The van der Waals surface area contributed by atoms with E-state index in [1.807, 2.05) is 24.3 Å². The van der Waals surface area contributed by atoms with Crippen molar-refractivity contribution < 1.29 is 0 Å². The number of nitrogens with one attached hydrogen (secondary N) is 1. The number of nitrogens with two attached hydrogens (primary N) is 1. The first-order valence-electron chi connectivity index (χ1n) is 2.99. The Morgan fingerprint density at radius 1 is 1.33 bits per heavy atom. The predicted molar refractivity (Wildman–Crippen MR) is 37.0 cm³/mol. The Morgan fingerprint density at radius 2 is 2.11 bits per heavy atom. The van der Waals surface area contributed by atoms with E-state index >= 15 is 0 Å². The van der Waals surface area contributed by atoms with Crippen LogP contribution in [-0.4, -0.2) is 0 Å². The van der Waals surface area contributed by atoms with Crippen molar-refractivity contribution >= 4 is 5.69 Å². The number of hydrogen-bond acceptors (Lipinski definition) is 2. The molecule has 1 atom stereocenters. The van der Waals surface area contributed by atoms with Crippen molar-refractivity contribution in [2.45, 2.75) is 6.17 Å². The van der Waals surface area contributed by atoms with Crippen LogP contribution >= 0.6 is 0 Å². The van der Waals surface area contributed by atoms with Crippen LogP contribution in [0.5, 0.6) is 0 Å². The van der Waals surface area contributed by atoms with Crippen molar-refractivity contribution in [3.63, 3.8) is 0 Å². The van der Waals surface area contributed by atoms with Crippen molar-refractivity contribution in [3.8, 4) is 0 Å². The van der Waals surface area contributed by atoms with Gasteiger partial charge in [-0.3, -0.25) is 0 Å². The average molecular weight is 120 g/mol. The molecular weight excluding hydrogens is 112 g/mol. The van der Waals surface area contributed by atoms with Crippen LogP contribution in [0.25, 0.3) is 0 Å². The maximum absolute atomic E-state index is 5.58. The maximum Gasteiger partial charge on any atom is 0.103 e. The average Bonchev–Trinajstić information content (AvgIpc) is 1.86. The van der Waals surface area contributed by atoms with E-state index in [4.69, 9.17) is 5.73 Å². The minimum Gasteiger partial charge on any atom is -0.366 e. The first kappa shape index (κ1) is 4.82. The molecule has 0 amide bonds.